The molecule has 0 amide bonds. The van der Waals surface area contributed by atoms with E-state index in [-0.39, 0.29) is 11.7 Å². The van der Waals surface area contributed by atoms with Crippen molar-refractivity contribution < 1.29 is 23.8 Å². The summed E-state index contributed by atoms with van der Waals surface area (Å²) in [5.41, 5.74) is 0.722. The normalized spacial score (nSPS) is 12.4. The molecule has 0 saturated heterocycles. The molecule has 1 aromatic heterocycles. The first-order valence-corrected chi connectivity index (χ1v) is 6.49. The van der Waals surface area contributed by atoms with Gasteiger partial charge in [-0.1, -0.05) is 13.8 Å². The Morgan fingerprint density at radius 1 is 1.45 bits per heavy atom. The molecule has 2 N–H and O–H groups in total. The lowest BCUT2D eigenvalue weighted by Gasteiger charge is -2.18. The predicted molar refractivity (Wildman–Crippen MR) is 72.5 cm³/mol. The number of esters is 1. The van der Waals surface area contributed by atoms with Crippen LogP contribution in [0.15, 0.2) is 10.5 Å². The van der Waals surface area contributed by atoms with E-state index in [4.69, 9.17) is 14.3 Å². The van der Waals surface area contributed by atoms with E-state index >= 15 is 0 Å². The smallest absolute Gasteiger partial charge is 0.371 e. The van der Waals surface area contributed by atoms with E-state index in [0.717, 1.165) is 5.56 Å². The molecule has 6 heteroatoms. The van der Waals surface area contributed by atoms with Gasteiger partial charge in [0.15, 0.2) is 0 Å². The second-order valence-electron chi connectivity index (χ2n) is 5.08. The van der Waals surface area contributed by atoms with E-state index in [0.29, 0.717) is 24.6 Å². The highest BCUT2D eigenvalue weighted by Gasteiger charge is 2.21. The third-order valence-corrected chi connectivity index (χ3v) is 2.96. The molecule has 1 unspecified atom stereocenters. The monoisotopic (exact) mass is 283 g/mol. The van der Waals surface area contributed by atoms with Crippen LogP contribution >= 0.6 is 0 Å². The number of nitrogens with one attached hydrogen (secondary N) is 1. The Morgan fingerprint density at radius 3 is 2.55 bits per heavy atom. The summed E-state index contributed by atoms with van der Waals surface area (Å²) in [6.45, 7) is 6.08. The number of ether oxygens (including phenoxy) is 1. The molecule has 0 radical (unpaired) electrons. The van der Waals surface area contributed by atoms with Crippen molar-refractivity contribution in [1.82, 2.24) is 5.32 Å². The van der Waals surface area contributed by atoms with Crippen molar-refractivity contribution in [3.63, 3.8) is 0 Å². The van der Waals surface area contributed by atoms with Gasteiger partial charge in [-0.15, -0.1) is 0 Å². The Hall–Kier alpha value is -1.82. The molecule has 0 bridgehead atoms. The Balaban J connectivity index is 2.71. The van der Waals surface area contributed by atoms with Crippen LogP contribution in [-0.4, -0.2) is 30.2 Å². The fourth-order valence-electron chi connectivity index (χ4n) is 1.91. The van der Waals surface area contributed by atoms with Crippen LogP contribution in [0, 0.1) is 12.8 Å². The van der Waals surface area contributed by atoms with E-state index in [1.54, 1.807) is 6.92 Å². The van der Waals surface area contributed by atoms with Crippen LogP contribution < -0.4 is 5.32 Å². The van der Waals surface area contributed by atoms with Crippen LogP contribution in [0.25, 0.3) is 0 Å². The molecule has 1 heterocycles. The van der Waals surface area contributed by atoms with Gasteiger partial charge in [-0.3, -0.25) is 4.79 Å². The quantitative estimate of drug-likeness (QED) is 0.744. The third-order valence-electron chi connectivity index (χ3n) is 2.96. The highest BCUT2D eigenvalue weighted by atomic mass is 16.5. The molecule has 0 fully saturated rings. The summed E-state index contributed by atoms with van der Waals surface area (Å²) in [6.07, 6.45) is 0.648. The van der Waals surface area contributed by atoms with Crippen molar-refractivity contribution >= 4 is 11.9 Å². The second-order valence-corrected chi connectivity index (χ2v) is 5.08. The number of carboxylic acids is 1. The van der Waals surface area contributed by atoms with Gasteiger partial charge in [0, 0.05) is 12.1 Å². The summed E-state index contributed by atoms with van der Waals surface area (Å²) in [6, 6.07) is 1.05. The van der Waals surface area contributed by atoms with Gasteiger partial charge in [0.1, 0.15) is 11.8 Å². The topological polar surface area (TPSA) is 88.8 Å². The molecule has 0 aromatic carbocycles. The molecular formula is C14H21NO5. The van der Waals surface area contributed by atoms with Crippen LogP contribution in [0.3, 0.4) is 0 Å². The number of furan rings is 1. The third kappa shape index (κ3) is 4.38. The zero-order valence-electron chi connectivity index (χ0n) is 12.2. The van der Waals surface area contributed by atoms with Crippen LogP contribution in [0.2, 0.25) is 0 Å². The van der Waals surface area contributed by atoms with Crippen LogP contribution in [0.5, 0.6) is 0 Å². The van der Waals surface area contributed by atoms with Gasteiger partial charge >= 0.3 is 11.9 Å². The maximum atomic E-state index is 11.7. The van der Waals surface area contributed by atoms with Gasteiger partial charge in [0.05, 0.1) is 7.11 Å². The largest absolute Gasteiger partial charge is 0.475 e. The summed E-state index contributed by atoms with van der Waals surface area (Å²) >= 11 is 0. The zero-order valence-corrected chi connectivity index (χ0v) is 12.2. The molecule has 0 aliphatic carbocycles. The molecule has 1 rings (SSSR count). The van der Waals surface area contributed by atoms with E-state index in [2.05, 4.69) is 5.32 Å². The molecule has 6 nitrogen and oxygen atoms in total. The number of carbonyl (C=O) groups is 2. The average molecular weight is 283 g/mol. The number of rotatable bonds is 7. The lowest BCUT2D eigenvalue weighted by Crippen LogP contribution is -2.38. The first-order chi connectivity index (χ1) is 9.35. The maximum absolute atomic E-state index is 11.7. The molecule has 1 atom stereocenters. The van der Waals surface area contributed by atoms with Gasteiger partial charge in [-0.25, -0.2) is 4.79 Å². The molecule has 112 valence electrons. The second kappa shape index (κ2) is 7.09. The van der Waals surface area contributed by atoms with Crippen LogP contribution in [0.4, 0.5) is 0 Å². The Bertz CT molecular complexity index is 478. The highest BCUT2D eigenvalue weighted by molar-refractivity contribution is 5.84. The van der Waals surface area contributed by atoms with E-state index < -0.39 is 12.0 Å². The fourth-order valence-corrected chi connectivity index (χ4v) is 1.91. The van der Waals surface area contributed by atoms with Crippen LogP contribution in [-0.2, 0) is 16.1 Å². The number of hydrogen-bond acceptors (Lipinski definition) is 5. The number of aryl methyl sites for hydroxylation is 1. The Labute approximate surface area is 118 Å². The minimum absolute atomic E-state index is 0.0993. The van der Waals surface area contributed by atoms with Crippen molar-refractivity contribution in [2.75, 3.05) is 7.11 Å². The standard InChI is InChI=1S/C14H21NO5/c1-8(2)5-11(14(18)19-4)15-7-10-6-12(13(16)17)20-9(10)3/h6,8,11,15H,5,7H2,1-4H3,(H,16,17). The Kier molecular flexibility index (Phi) is 5.76. The van der Waals surface area contributed by atoms with E-state index in [1.807, 2.05) is 13.8 Å². The molecule has 0 saturated carbocycles. The van der Waals surface area contributed by atoms with Crippen LogP contribution in [0.1, 0.15) is 42.1 Å². The fraction of sp³-hybridized carbons (Fsp3) is 0.571. The summed E-state index contributed by atoms with van der Waals surface area (Å²) in [5, 5.41) is 11.9. The summed E-state index contributed by atoms with van der Waals surface area (Å²) in [4.78, 5) is 22.5. The average Bonchev–Trinajstić information content (AvgIpc) is 2.75. The van der Waals surface area contributed by atoms with E-state index in [9.17, 15) is 9.59 Å². The first-order valence-electron chi connectivity index (χ1n) is 6.49. The minimum atomic E-state index is -1.11. The molecular weight excluding hydrogens is 262 g/mol. The number of hydrogen-bond donors (Lipinski definition) is 2. The van der Waals surface area contributed by atoms with E-state index in [1.165, 1.54) is 13.2 Å². The van der Waals surface area contributed by atoms with Gasteiger partial charge in [-0.2, -0.15) is 0 Å². The first kappa shape index (κ1) is 16.2. The lowest BCUT2D eigenvalue weighted by molar-refractivity contribution is -0.143. The molecule has 1 aromatic rings. The van der Waals surface area contributed by atoms with Crippen molar-refractivity contribution in [2.24, 2.45) is 5.92 Å². The van der Waals surface area contributed by atoms with Crippen molar-refractivity contribution in [1.29, 1.82) is 0 Å². The molecule has 0 spiro atoms. The van der Waals surface area contributed by atoms with Crippen molar-refractivity contribution in [2.45, 2.75) is 39.8 Å². The maximum Gasteiger partial charge on any atom is 0.371 e. The minimum Gasteiger partial charge on any atom is -0.475 e. The number of aromatic carboxylic acids is 1. The summed E-state index contributed by atoms with van der Waals surface area (Å²) in [7, 11) is 1.35. The summed E-state index contributed by atoms with van der Waals surface area (Å²) < 4.78 is 9.88. The molecule has 0 aliphatic rings. The highest BCUT2D eigenvalue weighted by Crippen LogP contribution is 2.15. The van der Waals surface area contributed by atoms with Gasteiger partial charge < -0.3 is 19.6 Å². The number of carboxylic acid groups (broad SMARTS) is 1. The Morgan fingerprint density at radius 2 is 2.10 bits per heavy atom. The SMILES string of the molecule is COC(=O)C(CC(C)C)NCc1cc(C(=O)O)oc1C. The predicted octanol–water partition coefficient (Wildman–Crippen LogP) is 1.96. The number of carbonyl (C=O) groups excluding carboxylic acids is 1. The lowest BCUT2D eigenvalue weighted by atomic mass is 10.0. The van der Waals surface area contributed by atoms with Gasteiger partial charge in [0.2, 0.25) is 5.76 Å². The van der Waals surface area contributed by atoms with Crippen molar-refractivity contribution in [3.05, 3.63) is 23.2 Å². The van der Waals surface area contributed by atoms with Crippen molar-refractivity contribution in [3.8, 4) is 0 Å². The zero-order chi connectivity index (χ0) is 15.3. The van der Waals surface area contributed by atoms with Gasteiger partial charge in [0.25, 0.3) is 0 Å². The number of methoxy groups -OCH3 is 1. The molecule has 20 heavy (non-hydrogen) atoms. The molecule has 0 aliphatic heterocycles. The summed E-state index contributed by atoms with van der Waals surface area (Å²) in [5.74, 6) is -0.656. The van der Waals surface area contributed by atoms with Gasteiger partial charge in [-0.05, 0) is 25.3 Å².